The Balaban J connectivity index is 1.88. The van der Waals surface area contributed by atoms with E-state index in [1.807, 2.05) is 38.1 Å². The third kappa shape index (κ3) is 4.57. The van der Waals surface area contributed by atoms with Gasteiger partial charge in [0.05, 0.1) is 6.61 Å². The maximum absolute atomic E-state index is 11.5. The summed E-state index contributed by atoms with van der Waals surface area (Å²) in [6.07, 6.45) is 2.45. The number of fused-ring (bicyclic) bond motifs is 1. The van der Waals surface area contributed by atoms with Gasteiger partial charge in [0.25, 0.3) is 0 Å². The molecule has 142 valence electrons. The molecule has 1 atom stereocenters. The fraction of sp³-hybridized carbons (Fsp3) is 0.368. The zero-order valence-corrected chi connectivity index (χ0v) is 16.1. The lowest BCUT2D eigenvalue weighted by Crippen LogP contribution is -2.16. The van der Waals surface area contributed by atoms with Gasteiger partial charge in [0.2, 0.25) is 0 Å². The number of unbranched alkanes of at least 4 members (excludes halogenated alkanes) is 1. The van der Waals surface area contributed by atoms with Crippen LogP contribution in [0.1, 0.15) is 33.1 Å². The monoisotopic (exact) mass is 386 g/mol. The summed E-state index contributed by atoms with van der Waals surface area (Å²) < 4.78 is 7.12. The van der Waals surface area contributed by atoms with Crippen molar-refractivity contribution in [1.29, 1.82) is 0 Å². The van der Waals surface area contributed by atoms with Crippen molar-refractivity contribution in [2.45, 2.75) is 43.4 Å². The minimum absolute atomic E-state index is 0.514. The number of aliphatic carboxylic acids is 1. The Morgan fingerprint density at radius 3 is 2.63 bits per heavy atom. The van der Waals surface area contributed by atoms with E-state index >= 15 is 0 Å². The van der Waals surface area contributed by atoms with Crippen molar-refractivity contribution in [1.82, 2.24) is 19.8 Å². The number of carbonyl (C=O) groups is 1. The molecule has 8 heteroatoms. The van der Waals surface area contributed by atoms with E-state index in [0.717, 1.165) is 24.2 Å². The molecule has 0 aliphatic carbocycles. The second-order valence-electron chi connectivity index (χ2n) is 6.01. The van der Waals surface area contributed by atoms with Crippen molar-refractivity contribution in [2.24, 2.45) is 0 Å². The summed E-state index contributed by atoms with van der Waals surface area (Å²) in [4.78, 5) is 11.5. The molecule has 1 aromatic carbocycles. The topological polar surface area (TPSA) is 89.6 Å². The molecule has 3 rings (SSSR count). The maximum atomic E-state index is 11.5. The fourth-order valence-corrected chi connectivity index (χ4v) is 3.60. The van der Waals surface area contributed by atoms with Crippen molar-refractivity contribution in [3.05, 3.63) is 36.4 Å². The summed E-state index contributed by atoms with van der Waals surface area (Å²) in [5.41, 5.74) is 1.48. The lowest BCUT2D eigenvalue weighted by atomic mass is 10.2. The number of hydrogen-bond acceptors (Lipinski definition) is 6. The molecule has 2 heterocycles. The van der Waals surface area contributed by atoms with Crippen LogP contribution in [0.5, 0.6) is 5.75 Å². The number of rotatable bonds is 9. The van der Waals surface area contributed by atoms with E-state index in [4.69, 9.17) is 4.74 Å². The van der Waals surface area contributed by atoms with E-state index in [2.05, 4.69) is 15.3 Å². The second kappa shape index (κ2) is 8.85. The maximum Gasteiger partial charge on any atom is 0.317 e. The summed E-state index contributed by atoms with van der Waals surface area (Å²) >= 11 is 1.26. The van der Waals surface area contributed by atoms with Gasteiger partial charge in [-0.1, -0.05) is 31.5 Å². The number of nitrogens with zero attached hydrogens (tertiary/aromatic N) is 4. The van der Waals surface area contributed by atoms with E-state index in [1.165, 1.54) is 11.8 Å². The molecule has 2 aromatic heterocycles. The van der Waals surface area contributed by atoms with Crippen molar-refractivity contribution in [2.75, 3.05) is 6.61 Å². The molecule has 0 radical (unpaired) electrons. The Hall–Kier alpha value is -2.61. The second-order valence-corrected chi connectivity index (χ2v) is 7.23. The highest BCUT2D eigenvalue weighted by Crippen LogP contribution is 2.27. The molecule has 27 heavy (non-hydrogen) atoms. The third-order valence-corrected chi connectivity index (χ3v) is 5.20. The van der Waals surface area contributed by atoms with Gasteiger partial charge < -0.3 is 9.84 Å². The average molecular weight is 386 g/mol. The Labute approximate surface area is 161 Å². The smallest absolute Gasteiger partial charge is 0.317 e. The number of carboxylic acids is 1. The lowest BCUT2D eigenvalue weighted by molar-refractivity contribution is -0.136. The van der Waals surface area contributed by atoms with Crippen LogP contribution in [0.15, 0.2) is 41.4 Å². The van der Waals surface area contributed by atoms with E-state index in [0.29, 0.717) is 29.5 Å². The molecule has 0 amide bonds. The minimum atomic E-state index is -0.814. The first-order valence-corrected chi connectivity index (χ1v) is 9.85. The molecule has 0 saturated carbocycles. The lowest BCUT2D eigenvalue weighted by Gasteiger charge is -2.11. The molecule has 0 spiro atoms. The molecule has 0 aliphatic heterocycles. The van der Waals surface area contributed by atoms with Gasteiger partial charge in [0, 0.05) is 5.56 Å². The Morgan fingerprint density at radius 2 is 1.96 bits per heavy atom. The summed E-state index contributed by atoms with van der Waals surface area (Å²) in [5, 5.41) is 22.5. The number of aromatic nitrogens is 4. The van der Waals surface area contributed by atoms with Gasteiger partial charge in [-0.15, -0.1) is 10.2 Å². The number of carboxylic acid groups (broad SMARTS) is 1. The van der Waals surface area contributed by atoms with Gasteiger partial charge in [0.1, 0.15) is 16.0 Å². The highest BCUT2D eigenvalue weighted by molar-refractivity contribution is 8.00. The van der Waals surface area contributed by atoms with E-state index < -0.39 is 11.2 Å². The predicted molar refractivity (Wildman–Crippen MR) is 104 cm³/mol. The van der Waals surface area contributed by atoms with Gasteiger partial charge in [0.15, 0.2) is 11.5 Å². The largest absolute Gasteiger partial charge is 0.494 e. The predicted octanol–water partition coefficient (Wildman–Crippen LogP) is 3.93. The molecule has 1 N–H and O–H groups in total. The van der Waals surface area contributed by atoms with E-state index in [9.17, 15) is 9.90 Å². The Kier molecular flexibility index (Phi) is 6.28. The van der Waals surface area contributed by atoms with Crippen LogP contribution in [0.3, 0.4) is 0 Å². The summed E-state index contributed by atoms with van der Waals surface area (Å²) in [6, 6.07) is 11.2. The Morgan fingerprint density at radius 1 is 1.19 bits per heavy atom. The van der Waals surface area contributed by atoms with Crippen LogP contribution < -0.4 is 4.74 Å². The number of benzene rings is 1. The molecule has 0 unspecified atom stereocenters. The first kappa shape index (κ1) is 19.2. The first-order valence-electron chi connectivity index (χ1n) is 8.97. The van der Waals surface area contributed by atoms with Crippen molar-refractivity contribution < 1.29 is 14.6 Å². The molecule has 0 saturated heterocycles. The Bertz CT molecular complexity index is 911. The molecule has 7 nitrogen and oxygen atoms in total. The number of ether oxygens (including phenoxy) is 1. The molecule has 0 aliphatic rings. The van der Waals surface area contributed by atoms with Gasteiger partial charge in [-0.05, 0) is 49.7 Å². The van der Waals surface area contributed by atoms with Crippen LogP contribution in [0.25, 0.3) is 17.0 Å². The van der Waals surface area contributed by atoms with Gasteiger partial charge in [-0.25, -0.2) is 0 Å². The molecule has 3 aromatic rings. The number of hydrogen-bond donors (Lipinski definition) is 1. The van der Waals surface area contributed by atoms with Crippen LogP contribution in [0.4, 0.5) is 0 Å². The van der Waals surface area contributed by atoms with Crippen molar-refractivity contribution in [3.63, 3.8) is 0 Å². The quantitative estimate of drug-likeness (QED) is 0.557. The van der Waals surface area contributed by atoms with Gasteiger partial charge in [-0.3, -0.25) is 4.79 Å². The van der Waals surface area contributed by atoms with Gasteiger partial charge >= 0.3 is 5.97 Å². The van der Waals surface area contributed by atoms with Crippen LogP contribution in [0, 0.1) is 0 Å². The standard InChI is InChI=1S/C19H22N4O3S/c1-3-5-6-15(19(24)25)27-17-12-11-16-20-21-18(23(16)22-17)13-7-9-14(10-8-13)26-4-2/h7-12,15H,3-6H2,1-2H3,(H,24,25)/t15-/m1/s1. The normalized spacial score (nSPS) is 12.2. The molecular weight excluding hydrogens is 364 g/mol. The first-order chi connectivity index (χ1) is 13.1. The van der Waals surface area contributed by atoms with Crippen molar-refractivity contribution in [3.8, 4) is 17.1 Å². The molecule has 0 bridgehead atoms. The van der Waals surface area contributed by atoms with E-state index in [1.54, 1.807) is 16.6 Å². The summed E-state index contributed by atoms with van der Waals surface area (Å²) in [7, 11) is 0. The summed E-state index contributed by atoms with van der Waals surface area (Å²) in [5.74, 6) is 0.585. The zero-order chi connectivity index (χ0) is 19.2. The van der Waals surface area contributed by atoms with Crippen LogP contribution in [-0.2, 0) is 4.79 Å². The summed E-state index contributed by atoms with van der Waals surface area (Å²) in [6.45, 7) is 4.60. The molecule has 0 fully saturated rings. The highest BCUT2D eigenvalue weighted by Gasteiger charge is 2.20. The molecular formula is C19H22N4O3S. The highest BCUT2D eigenvalue weighted by atomic mass is 32.2. The average Bonchev–Trinajstić information content (AvgIpc) is 3.09. The van der Waals surface area contributed by atoms with Crippen LogP contribution in [-0.4, -0.2) is 42.7 Å². The van der Waals surface area contributed by atoms with E-state index in [-0.39, 0.29) is 0 Å². The number of thioether (sulfide) groups is 1. The minimum Gasteiger partial charge on any atom is -0.494 e. The SMILES string of the molecule is CCCC[C@@H](Sc1ccc2nnc(-c3ccc(OCC)cc3)n2n1)C(=O)O. The third-order valence-electron chi connectivity index (χ3n) is 4.02. The zero-order valence-electron chi connectivity index (χ0n) is 15.3. The fourth-order valence-electron chi connectivity index (χ4n) is 2.65. The van der Waals surface area contributed by atoms with Crippen molar-refractivity contribution >= 4 is 23.4 Å². The van der Waals surface area contributed by atoms with Crippen LogP contribution in [0.2, 0.25) is 0 Å². The van der Waals surface area contributed by atoms with Crippen LogP contribution >= 0.6 is 11.8 Å². The van der Waals surface area contributed by atoms with Gasteiger partial charge in [-0.2, -0.15) is 9.61 Å².